The van der Waals surface area contributed by atoms with Crippen LogP contribution < -0.4 is 4.57 Å². The lowest BCUT2D eigenvalue weighted by Crippen LogP contribution is -2.28. The van der Waals surface area contributed by atoms with E-state index in [0.29, 0.717) is 17.9 Å². The number of rotatable bonds is 1. The lowest BCUT2D eigenvalue weighted by Gasteiger charge is -2.08. The average Bonchev–Trinajstić information content (AvgIpc) is 2.62. The largest absolute Gasteiger partial charge is 0.741 e. The molecule has 0 unspecified atom stereocenters. The Hall–Kier alpha value is -2.11. The maximum absolute atomic E-state index is 10.7. The van der Waals surface area contributed by atoms with E-state index in [1.165, 1.54) is 0 Å². The molecule has 1 aromatic rings. The van der Waals surface area contributed by atoms with E-state index in [9.17, 15) is 13.2 Å². The first-order valence-electron chi connectivity index (χ1n) is 4.90. The van der Waals surface area contributed by atoms with Crippen molar-refractivity contribution >= 4 is 10.1 Å². The molecule has 0 bridgehead atoms. The van der Waals surface area contributed by atoms with Crippen molar-refractivity contribution in [3.8, 4) is 12.1 Å². The highest BCUT2D eigenvalue weighted by atomic mass is 32.2. The van der Waals surface area contributed by atoms with Gasteiger partial charge in [-0.05, 0) is 6.92 Å². The predicted octanol–water partition coefficient (Wildman–Crippen LogP) is 0.127. The van der Waals surface area contributed by atoms with Gasteiger partial charge in [0.2, 0.25) is 6.33 Å². The van der Waals surface area contributed by atoms with Crippen molar-refractivity contribution < 1.29 is 30.7 Å². The first-order chi connectivity index (χ1) is 8.99. The molecule has 0 amide bonds. The standard InChI is InChI=1S/C8H9N4.CHF3O3S/c1-3-12-6-11(2)7(4-9)8(12)5-10;2-1(3,4)8(5,6)7/h6H,3H2,1-2H3;(H,5,6,7)/q+1;/p-1. The molecule has 20 heavy (non-hydrogen) atoms. The summed E-state index contributed by atoms with van der Waals surface area (Å²) in [6.45, 7) is 2.64. The number of hydrogen-bond donors (Lipinski definition) is 0. The van der Waals surface area contributed by atoms with Crippen molar-refractivity contribution in [3.63, 3.8) is 0 Å². The molecule has 110 valence electrons. The Labute approximate surface area is 112 Å². The van der Waals surface area contributed by atoms with Crippen LogP contribution in [0.4, 0.5) is 13.2 Å². The Morgan fingerprint density at radius 1 is 1.40 bits per heavy atom. The van der Waals surface area contributed by atoms with Gasteiger partial charge in [0.15, 0.2) is 10.1 Å². The number of nitriles is 2. The van der Waals surface area contributed by atoms with E-state index in [4.69, 9.17) is 23.5 Å². The minimum Gasteiger partial charge on any atom is -0.741 e. The summed E-state index contributed by atoms with van der Waals surface area (Å²) in [7, 11) is -4.33. The molecule has 0 aliphatic carbocycles. The maximum Gasteiger partial charge on any atom is 0.485 e. The van der Waals surface area contributed by atoms with Gasteiger partial charge in [-0.3, -0.25) is 0 Å². The molecule has 11 heteroatoms. The van der Waals surface area contributed by atoms with Crippen molar-refractivity contribution in [2.24, 2.45) is 7.05 Å². The third kappa shape index (κ3) is 4.22. The van der Waals surface area contributed by atoms with Gasteiger partial charge in [0.1, 0.15) is 12.1 Å². The minimum atomic E-state index is -6.09. The second kappa shape index (κ2) is 6.36. The zero-order valence-electron chi connectivity index (χ0n) is 10.3. The zero-order chi connectivity index (χ0) is 16.1. The van der Waals surface area contributed by atoms with Crippen molar-refractivity contribution in [2.75, 3.05) is 0 Å². The molecule has 0 aromatic carbocycles. The van der Waals surface area contributed by atoms with E-state index >= 15 is 0 Å². The van der Waals surface area contributed by atoms with E-state index < -0.39 is 15.6 Å². The van der Waals surface area contributed by atoms with E-state index in [1.807, 2.05) is 19.1 Å². The van der Waals surface area contributed by atoms with Crippen molar-refractivity contribution in [2.45, 2.75) is 19.0 Å². The van der Waals surface area contributed by atoms with E-state index in [2.05, 4.69) is 0 Å². The van der Waals surface area contributed by atoms with Crippen LogP contribution in [0.15, 0.2) is 6.33 Å². The lowest BCUT2D eigenvalue weighted by molar-refractivity contribution is -0.673. The summed E-state index contributed by atoms with van der Waals surface area (Å²) >= 11 is 0. The van der Waals surface area contributed by atoms with Crippen LogP contribution in [-0.4, -0.2) is 23.0 Å². The summed E-state index contributed by atoms with van der Waals surface area (Å²) in [6.07, 6.45) is 1.75. The molecule has 0 atom stereocenters. The van der Waals surface area contributed by atoms with Gasteiger partial charge in [0.05, 0.1) is 13.6 Å². The van der Waals surface area contributed by atoms with E-state index in [0.717, 1.165) is 0 Å². The minimum absolute atomic E-state index is 0.416. The number of imidazole rings is 1. The molecule has 1 aromatic heterocycles. The summed E-state index contributed by atoms with van der Waals surface area (Å²) in [5.41, 5.74) is -4.80. The van der Waals surface area contributed by atoms with Gasteiger partial charge in [-0.1, -0.05) is 0 Å². The molecule has 0 fully saturated rings. The van der Waals surface area contributed by atoms with Gasteiger partial charge in [-0.2, -0.15) is 23.7 Å². The van der Waals surface area contributed by atoms with Gasteiger partial charge in [0.25, 0.3) is 11.4 Å². The Morgan fingerprint density at radius 2 is 1.85 bits per heavy atom. The maximum atomic E-state index is 10.7. The first kappa shape index (κ1) is 17.9. The molecule has 0 saturated carbocycles. The Balaban J connectivity index is 0.000000396. The SMILES string of the molecule is CCn1c[n+](C)c(C#N)c1C#N.O=S(=O)([O-])C(F)(F)F. The number of hydrogen-bond acceptors (Lipinski definition) is 5. The highest BCUT2D eigenvalue weighted by molar-refractivity contribution is 7.86. The van der Waals surface area contributed by atoms with Gasteiger partial charge in [-0.15, -0.1) is 0 Å². The number of alkyl halides is 3. The fraction of sp³-hybridized carbons (Fsp3) is 0.444. The molecule has 0 aliphatic heterocycles. The van der Waals surface area contributed by atoms with Gasteiger partial charge in [-0.25, -0.2) is 17.6 Å². The summed E-state index contributed by atoms with van der Waals surface area (Å²) in [5.74, 6) is 0. The van der Waals surface area contributed by atoms with Crippen molar-refractivity contribution in [1.29, 1.82) is 10.5 Å². The number of halogens is 3. The van der Waals surface area contributed by atoms with Gasteiger partial charge in [0, 0.05) is 0 Å². The molecule has 0 N–H and O–H groups in total. The molecular weight excluding hydrogens is 301 g/mol. The Morgan fingerprint density at radius 3 is 2.10 bits per heavy atom. The van der Waals surface area contributed by atoms with Crippen molar-refractivity contribution in [1.82, 2.24) is 4.57 Å². The highest BCUT2D eigenvalue weighted by Crippen LogP contribution is 2.20. The molecular formula is C9H9F3N4O3S. The molecule has 0 saturated heterocycles. The monoisotopic (exact) mass is 310 g/mol. The zero-order valence-corrected chi connectivity index (χ0v) is 11.2. The fourth-order valence-corrected chi connectivity index (χ4v) is 1.12. The lowest BCUT2D eigenvalue weighted by atomic mass is 10.3. The predicted molar refractivity (Wildman–Crippen MR) is 56.5 cm³/mol. The van der Waals surface area contributed by atoms with Crippen LogP contribution in [-0.2, 0) is 23.7 Å². The summed E-state index contributed by atoms with van der Waals surface area (Å²) in [5, 5.41) is 17.4. The first-order valence-corrected chi connectivity index (χ1v) is 6.31. The molecule has 0 spiro atoms. The second-order valence-electron chi connectivity index (χ2n) is 3.33. The van der Waals surface area contributed by atoms with Gasteiger partial charge >= 0.3 is 5.51 Å². The third-order valence-corrected chi connectivity index (χ3v) is 2.58. The van der Waals surface area contributed by atoms with E-state index in [1.54, 1.807) is 22.5 Å². The topological polar surface area (TPSA) is 114 Å². The van der Waals surface area contributed by atoms with E-state index in [-0.39, 0.29) is 0 Å². The third-order valence-electron chi connectivity index (χ3n) is 2.01. The van der Waals surface area contributed by atoms with Crippen LogP contribution in [0.2, 0.25) is 0 Å². The van der Waals surface area contributed by atoms with Crippen LogP contribution >= 0.6 is 0 Å². The molecule has 7 nitrogen and oxygen atoms in total. The fourth-order valence-electron chi connectivity index (χ4n) is 1.12. The highest BCUT2D eigenvalue weighted by Gasteiger charge is 2.36. The Bertz CT molecular complexity index is 664. The number of aryl methyl sites for hydroxylation is 2. The van der Waals surface area contributed by atoms with Crippen LogP contribution in [0, 0.1) is 22.7 Å². The normalized spacial score (nSPS) is 11.0. The van der Waals surface area contributed by atoms with Crippen LogP contribution in [0.25, 0.3) is 0 Å². The average molecular weight is 310 g/mol. The van der Waals surface area contributed by atoms with Gasteiger partial charge < -0.3 is 4.55 Å². The Kier molecular flexibility index (Phi) is 5.69. The molecule has 0 radical (unpaired) electrons. The van der Waals surface area contributed by atoms with Crippen LogP contribution in [0.5, 0.6) is 0 Å². The number of nitrogens with zero attached hydrogens (tertiary/aromatic N) is 4. The summed E-state index contributed by atoms with van der Waals surface area (Å²) in [4.78, 5) is 0. The van der Waals surface area contributed by atoms with Crippen LogP contribution in [0.3, 0.4) is 0 Å². The molecule has 0 aliphatic rings. The smallest absolute Gasteiger partial charge is 0.485 e. The molecule has 1 rings (SSSR count). The van der Waals surface area contributed by atoms with Crippen LogP contribution in [0.1, 0.15) is 18.3 Å². The van der Waals surface area contributed by atoms with Crippen molar-refractivity contribution in [3.05, 3.63) is 17.7 Å². The number of aromatic nitrogens is 2. The summed E-state index contributed by atoms with van der Waals surface area (Å²) < 4.78 is 62.3. The second-order valence-corrected chi connectivity index (χ2v) is 4.70. The molecule has 1 heterocycles. The summed E-state index contributed by atoms with van der Waals surface area (Å²) in [6, 6.07) is 4.00. The quantitative estimate of drug-likeness (QED) is 0.415.